The number of aromatic nitrogens is 1. The van der Waals surface area contributed by atoms with Crippen molar-refractivity contribution < 1.29 is 22.7 Å². The van der Waals surface area contributed by atoms with Crippen LogP contribution in [-0.4, -0.2) is 17.6 Å². The second-order valence-corrected chi connectivity index (χ2v) is 5.22. The van der Waals surface area contributed by atoms with Crippen molar-refractivity contribution in [1.82, 2.24) is 4.98 Å². The maximum Gasteiger partial charge on any atom is 0.573 e. The molecule has 6 heteroatoms. The molecule has 3 aromatic rings. The average molecular weight is 373 g/mol. The maximum absolute atomic E-state index is 12.2. The highest BCUT2D eigenvalue weighted by Crippen LogP contribution is 2.27. The third kappa shape index (κ3) is 5.67. The summed E-state index contributed by atoms with van der Waals surface area (Å²) >= 11 is 0. The third-order valence-corrected chi connectivity index (χ3v) is 3.48. The van der Waals surface area contributed by atoms with E-state index >= 15 is 0 Å². The fourth-order valence-corrected chi connectivity index (χ4v) is 2.32. The van der Waals surface area contributed by atoms with Crippen molar-refractivity contribution >= 4 is 6.29 Å². The summed E-state index contributed by atoms with van der Waals surface area (Å²) in [7, 11) is 0. The van der Waals surface area contributed by atoms with Crippen LogP contribution in [0.25, 0.3) is 22.5 Å². The molecule has 140 valence electrons. The Kier molecular flexibility index (Phi) is 6.71. The zero-order valence-corrected chi connectivity index (χ0v) is 14.8. The number of hydrogen-bond acceptors (Lipinski definition) is 3. The number of nitrogens with zero attached hydrogens (tertiary/aromatic N) is 1. The molecule has 1 heterocycles. The summed E-state index contributed by atoms with van der Waals surface area (Å²) in [4.78, 5) is 15.2. The summed E-state index contributed by atoms with van der Waals surface area (Å²) in [6.07, 6.45) is -3.95. The first-order valence-electron chi connectivity index (χ1n) is 8.33. The van der Waals surface area contributed by atoms with Gasteiger partial charge in [0.2, 0.25) is 0 Å². The number of pyridine rings is 1. The summed E-state index contributed by atoms with van der Waals surface area (Å²) in [6, 6.07) is 17.9. The molecule has 0 unspecified atom stereocenters. The molecule has 3 rings (SSSR count). The monoisotopic (exact) mass is 373 g/mol. The summed E-state index contributed by atoms with van der Waals surface area (Å²) < 4.78 is 40.5. The Morgan fingerprint density at radius 3 is 1.74 bits per heavy atom. The minimum Gasteiger partial charge on any atom is -0.406 e. The van der Waals surface area contributed by atoms with Gasteiger partial charge in [-0.15, -0.1) is 13.2 Å². The predicted octanol–water partition coefficient (Wildman–Crippen LogP) is 6.15. The van der Waals surface area contributed by atoms with Crippen LogP contribution in [0.15, 0.2) is 66.7 Å². The smallest absolute Gasteiger partial charge is 0.406 e. The molecule has 1 aromatic heterocycles. The number of halogens is 3. The molecule has 27 heavy (non-hydrogen) atoms. The zero-order valence-electron chi connectivity index (χ0n) is 14.8. The van der Waals surface area contributed by atoms with E-state index in [9.17, 15) is 18.0 Å². The van der Waals surface area contributed by atoms with Gasteiger partial charge in [-0.2, -0.15) is 0 Å². The number of benzene rings is 2. The number of carbonyl (C=O) groups is 1. The predicted molar refractivity (Wildman–Crippen MR) is 98.5 cm³/mol. The van der Waals surface area contributed by atoms with E-state index in [1.54, 1.807) is 30.3 Å². The van der Waals surface area contributed by atoms with Gasteiger partial charge < -0.3 is 4.74 Å². The van der Waals surface area contributed by atoms with Crippen LogP contribution < -0.4 is 4.74 Å². The van der Waals surface area contributed by atoms with Crippen molar-refractivity contribution in [3.63, 3.8) is 0 Å². The highest BCUT2D eigenvalue weighted by atomic mass is 19.4. The van der Waals surface area contributed by atoms with Crippen LogP contribution in [0, 0.1) is 0 Å². The Labute approximate surface area is 155 Å². The number of aldehydes is 1. The van der Waals surface area contributed by atoms with Crippen molar-refractivity contribution in [2.75, 3.05) is 0 Å². The van der Waals surface area contributed by atoms with Gasteiger partial charge in [0, 0.05) is 16.7 Å². The molecule has 0 fully saturated rings. The number of rotatable bonds is 4. The lowest BCUT2D eigenvalue weighted by Crippen LogP contribution is -2.16. The lowest BCUT2D eigenvalue weighted by Gasteiger charge is -2.09. The van der Waals surface area contributed by atoms with Gasteiger partial charge in [0.15, 0.2) is 0 Å². The van der Waals surface area contributed by atoms with E-state index in [2.05, 4.69) is 9.72 Å². The Balaban J connectivity index is 0.00000126. The first-order chi connectivity index (χ1) is 12.9. The second kappa shape index (κ2) is 8.98. The van der Waals surface area contributed by atoms with E-state index in [1.165, 1.54) is 24.3 Å². The SMILES string of the molecule is CC.O=Cc1ccc(-c2cccc(-c3ccc(OC(F)(F)F)cc3)n2)cc1. The normalized spacial score (nSPS) is 10.6. The van der Waals surface area contributed by atoms with Crippen LogP contribution in [0.5, 0.6) is 5.75 Å². The average Bonchev–Trinajstić information content (AvgIpc) is 2.69. The number of hydrogen-bond donors (Lipinski definition) is 0. The molecule has 0 amide bonds. The number of alkyl halides is 3. The van der Waals surface area contributed by atoms with E-state index in [-0.39, 0.29) is 5.75 Å². The fraction of sp³-hybridized carbons (Fsp3) is 0.143. The quantitative estimate of drug-likeness (QED) is 0.515. The Bertz CT molecular complexity index is 873. The molecule has 0 aliphatic carbocycles. The molecular weight excluding hydrogens is 355 g/mol. The van der Waals surface area contributed by atoms with Gasteiger partial charge in [0.1, 0.15) is 12.0 Å². The van der Waals surface area contributed by atoms with Crippen molar-refractivity contribution in [3.05, 3.63) is 72.3 Å². The molecule has 0 radical (unpaired) electrons. The van der Waals surface area contributed by atoms with E-state index < -0.39 is 6.36 Å². The van der Waals surface area contributed by atoms with Gasteiger partial charge >= 0.3 is 6.36 Å². The molecular formula is C21H18F3NO2. The molecule has 0 aliphatic rings. The van der Waals surface area contributed by atoms with E-state index in [1.807, 2.05) is 26.0 Å². The summed E-state index contributed by atoms with van der Waals surface area (Å²) in [6.45, 7) is 4.00. The van der Waals surface area contributed by atoms with Crippen LogP contribution in [-0.2, 0) is 0 Å². The lowest BCUT2D eigenvalue weighted by atomic mass is 10.1. The molecule has 0 bridgehead atoms. The van der Waals surface area contributed by atoms with E-state index in [4.69, 9.17) is 0 Å². The van der Waals surface area contributed by atoms with Crippen molar-refractivity contribution in [1.29, 1.82) is 0 Å². The van der Waals surface area contributed by atoms with Gasteiger partial charge in [-0.25, -0.2) is 4.98 Å². The van der Waals surface area contributed by atoms with Crippen LogP contribution in [0.1, 0.15) is 24.2 Å². The molecule has 0 saturated carbocycles. The molecule has 0 atom stereocenters. The summed E-state index contributed by atoms with van der Waals surface area (Å²) in [5, 5.41) is 0. The third-order valence-electron chi connectivity index (χ3n) is 3.48. The highest BCUT2D eigenvalue weighted by Gasteiger charge is 2.30. The zero-order chi connectivity index (χ0) is 19.9. The lowest BCUT2D eigenvalue weighted by molar-refractivity contribution is -0.274. The topological polar surface area (TPSA) is 39.2 Å². The van der Waals surface area contributed by atoms with Crippen LogP contribution >= 0.6 is 0 Å². The summed E-state index contributed by atoms with van der Waals surface area (Å²) in [5.41, 5.74) is 3.40. The van der Waals surface area contributed by atoms with E-state index in [0.29, 0.717) is 22.5 Å². The molecule has 0 aliphatic heterocycles. The molecule has 0 spiro atoms. The minimum absolute atomic E-state index is 0.281. The number of carbonyl (C=O) groups excluding carboxylic acids is 1. The first kappa shape index (κ1) is 20.2. The minimum atomic E-state index is -4.71. The molecule has 0 saturated heterocycles. The van der Waals surface area contributed by atoms with Crippen molar-refractivity contribution in [3.8, 4) is 28.3 Å². The van der Waals surface area contributed by atoms with Crippen LogP contribution in [0.4, 0.5) is 13.2 Å². The summed E-state index contributed by atoms with van der Waals surface area (Å²) in [5.74, 6) is -0.281. The van der Waals surface area contributed by atoms with Gasteiger partial charge in [0.05, 0.1) is 11.4 Å². The van der Waals surface area contributed by atoms with Gasteiger partial charge in [-0.3, -0.25) is 4.79 Å². The van der Waals surface area contributed by atoms with Crippen molar-refractivity contribution in [2.45, 2.75) is 20.2 Å². The Morgan fingerprint density at radius 1 is 0.815 bits per heavy atom. The largest absolute Gasteiger partial charge is 0.573 e. The highest BCUT2D eigenvalue weighted by molar-refractivity contribution is 5.76. The second-order valence-electron chi connectivity index (χ2n) is 5.22. The van der Waals surface area contributed by atoms with Crippen LogP contribution in [0.2, 0.25) is 0 Å². The fourth-order valence-electron chi connectivity index (χ4n) is 2.32. The standard InChI is InChI=1S/C19H12F3NO2.C2H6/c20-19(21,22)25-16-10-8-15(9-11-16)18-3-1-2-17(23-18)14-6-4-13(12-24)5-7-14;1-2/h1-12H;1-2H3. The Hall–Kier alpha value is -3.15. The van der Waals surface area contributed by atoms with Gasteiger partial charge in [-0.1, -0.05) is 44.2 Å². The van der Waals surface area contributed by atoms with Gasteiger partial charge in [-0.05, 0) is 36.4 Å². The van der Waals surface area contributed by atoms with Gasteiger partial charge in [0.25, 0.3) is 0 Å². The first-order valence-corrected chi connectivity index (χ1v) is 8.33. The molecule has 0 N–H and O–H groups in total. The molecule has 3 nitrogen and oxygen atoms in total. The Morgan fingerprint density at radius 2 is 1.30 bits per heavy atom. The van der Waals surface area contributed by atoms with Crippen molar-refractivity contribution in [2.24, 2.45) is 0 Å². The number of ether oxygens (including phenoxy) is 1. The van der Waals surface area contributed by atoms with Crippen LogP contribution in [0.3, 0.4) is 0 Å². The molecule has 2 aromatic carbocycles. The maximum atomic E-state index is 12.2. The van der Waals surface area contributed by atoms with E-state index in [0.717, 1.165) is 11.8 Å².